The zero-order valence-corrected chi connectivity index (χ0v) is 14.4. The molecule has 2 rings (SSSR count). The predicted molar refractivity (Wildman–Crippen MR) is 90.1 cm³/mol. The van der Waals surface area contributed by atoms with Gasteiger partial charge >= 0.3 is 1.43 Å². The van der Waals surface area contributed by atoms with E-state index in [4.69, 9.17) is 15.0 Å². The summed E-state index contributed by atoms with van der Waals surface area (Å²) in [5, 5.41) is 16.7. The van der Waals surface area contributed by atoms with Crippen LogP contribution in [0.2, 0.25) is 0 Å². The standard InChI is InChI=1S/C18H27N2.CH2O3/c1-2-3-4-5-6-10-13-19-14-15-20(17-19)16-18-11-8-7-9-12-18;2-1(3)4/h7-9,11-12,14-15,17H,2-6,10,13,16H2,1H3;(H2,2,3,4)/q+1;/p-1. The van der Waals surface area contributed by atoms with E-state index >= 15 is 0 Å². The molecule has 5 nitrogen and oxygen atoms in total. The summed E-state index contributed by atoms with van der Waals surface area (Å²) in [5.41, 5.74) is 1.36. The molecule has 0 atom stereocenters. The number of aryl methyl sites for hydroxylation is 1. The molecule has 0 unspecified atom stereocenters. The number of nitrogens with zero attached hydrogens (tertiary/aromatic N) is 2. The summed E-state index contributed by atoms with van der Waals surface area (Å²) >= 11 is 0. The molecule has 1 aromatic carbocycles. The smallest absolute Gasteiger partial charge is 0.652 e. The first-order valence-electron chi connectivity index (χ1n) is 8.58. The molecule has 0 saturated heterocycles. The second-order valence-electron chi connectivity index (χ2n) is 5.83. The zero-order chi connectivity index (χ0) is 17.6. The van der Waals surface area contributed by atoms with Crippen LogP contribution in [0, 0.1) is 0 Å². The fraction of sp³-hybridized carbons (Fsp3) is 0.474. The molecule has 0 saturated carbocycles. The van der Waals surface area contributed by atoms with E-state index in [1.807, 2.05) is 0 Å². The van der Waals surface area contributed by atoms with E-state index in [-0.39, 0.29) is 1.43 Å². The highest BCUT2D eigenvalue weighted by atomic mass is 16.6. The van der Waals surface area contributed by atoms with Crippen LogP contribution >= 0.6 is 0 Å². The third-order valence-corrected chi connectivity index (χ3v) is 3.72. The quantitative estimate of drug-likeness (QED) is 0.520. The highest BCUT2D eigenvalue weighted by Crippen LogP contribution is 2.06. The Morgan fingerprint density at radius 2 is 1.71 bits per heavy atom. The van der Waals surface area contributed by atoms with E-state index in [9.17, 15) is 0 Å². The Labute approximate surface area is 145 Å². The first-order valence-corrected chi connectivity index (χ1v) is 8.58. The van der Waals surface area contributed by atoms with E-state index in [1.165, 1.54) is 44.1 Å². The monoisotopic (exact) mass is 332 g/mol. The van der Waals surface area contributed by atoms with Gasteiger partial charge in [-0.1, -0.05) is 62.9 Å². The van der Waals surface area contributed by atoms with Gasteiger partial charge in [0.1, 0.15) is 18.9 Å². The van der Waals surface area contributed by atoms with Crippen LogP contribution in [0.1, 0.15) is 52.4 Å². The second kappa shape index (κ2) is 12.2. The van der Waals surface area contributed by atoms with Gasteiger partial charge in [0.2, 0.25) is 6.33 Å². The Balaban J connectivity index is 0.00000104. The van der Waals surface area contributed by atoms with Crippen LogP contribution in [0.4, 0.5) is 4.79 Å². The largest absolute Gasteiger partial charge is 1.00 e. The molecular weight excluding hydrogens is 304 g/mol. The van der Waals surface area contributed by atoms with Gasteiger partial charge in [-0.3, -0.25) is 0 Å². The molecule has 1 aromatic heterocycles. The van der Waals surface area contributed by atoms with Crippen LogP contribution < -0.4 is 14.8 Å². The van der Waals surface area contributed by atoms with Crippen molar-refractivity contribution >= 4 is 6.16 Å². The van der Waals surface area contributed by atoms with Crippen LogP contribution in [0.5, 0.6) is 0 Å². The number of carboxylic acid groups (broad SMARTS) is 2. The van der Waals surface area contributed by atoms with E-state index < -0.39 is 6.16 Å². The van der Waals surface area contributed by atoms with Crippen molar-refractivity contribution in [1.82, 2.24) is 4.57 Å². The van der Waals surface area contributed by atoms with Crippen molar-refractivity contribution in [2.45, 2.75) is 58.5 Å². The van der Waals surface area contributed by atoms with E-state index in [0.29, 0.717) is 0 Å². The van der Waals surface area contributed by atoms with Crippen molar-refractivity contribution in [1.29, 1.82) is 0 Å². The maximum Gasteiger partial charge on any atom is 1.00 e. The minimum atomic E-state index is -2.33. The number of rotatable bonds is 9. The normalized spacial score (nSPS) is 10.0. The minimum absolute atomic E-state index is 0. The summed E-state index contributed by atoms with van der Waals surface area (Å²) in [6.45, 7) is 4.38. The Morgan fingerprint density at radius 1 is 1.08 bits per heavy atom. The summed E-state index contributed by atoms with van der Waals surface area (Å²) in [4.78, 5) is 8.33. The number of hydrogen-bond donors (Lipinski definition) is 0. The van der Waals surface area contributed by atoms with Gasteiger partial charge < -0.3 is 15.0 Å². The Bertz CT molecular complexity index is 569. The molecule has 0 N–H and O–H groups in total. The zero-order valence-electron chi connectivity index (χ0n) is 15.4. The topological polar surface area (TPSA) is 72.0 Å². The fourth-order valence-corrected chi connectivity index (χ4v) is 2.53. The van der Waals surface area contributed by atoms with Gasteiger partial charge in [0.05, 0.1) is 6.54 Å². The highest BCUT2D eigenvalue weighted by Gasteiger charge is 2.04. The van der Waals surface area contributed by atoms with Crippen molar-refractivity contribution in [3.8, 4) is 0 Å². The molecule has 0 aliphatic heterocycles. The lowest BCUT2D eigenvalue weighted by Crippen LogP contribution is -2.37. The predicted octanol–water partition coefficient (Wildman–Crippen LogP) is 1.85. The minimum Gasteiger partial charge on any atom is -0.652 e. The van der Waals surface area contributed by atoms with Crippen LogP contribution in [0.15, 0.2) is 49.1 Å². The Morgan fingerprint density at radius 3 is 2.38 bits per heavy atom. The maximum absolute atomic E-state index is 8.33. The first-order chi connectivity index (χ1) is 11.6. The number of hydrogen-bond acceptors (Lipinski definition) is 3. The van der Waals surface area contributed by atoms with E-state index in [0.717, 1.165) is 13.1 Å². The Kier molecular flexibility index (Phi) is 10.0. The lowest BCUT2D eigenvalue weighted by molar-refractivity contribution is -0.687. The summed E-state index contributed by atoms with van der Waals surface area (Å²) < 4.78 is 4.56. The summed E-state index contributed by atoms with van der Waals surface area (Å²) in [6.07, 6.45) is 12.4. The van der Waals surface area contributed by atoms with Crippen molar-refractivity contribution in [3.63, 3.8) is 0 Å². The van der Waals surface area contributed by atoms with Gasteiger partial charge in [0.15, 0.2) is 0 Å². The summed E-state index contributed by atoms with van der Waals surface area (Å²) in [5.74, 6) is 0. The van der Waals surface area contributed by atoms with Crippen molar-refractivity contribution < 1.29 is 21.0 Å². The highest BCUT2D eigenvalue weighted by molar-refractivity contribution is 5.47. The molecule has 0 spiro atoms. The van der Waals surface area contributed by atoms with Gasteiger partial charge in [0, 0.05) is 0 Å². The number of aromatic nitrogens is 2. The number of unbranched alkanes of at least 4 members (excludes halogenated alkanes) is 5. The van der Waals surface area contributed by atoms with Crippen LogP contribution in [-0.2, 0) is 13.1 Å². The summed E-state index contributed by atoms with van der Waals surface area (Å²) in [6, 6.07) is 10.6. The fourth-order valence-electron chi connectivity index (χ4n) is 2.53. The molecule has 5 heteroatoms. The molecule has 0 bridgehead atoms. The first kappa shape index (κ1) is 19.7. The van der Waals surface area contributed by atoms with Gasteiger partial charge in [0.25, 0.3) is 0 Å². The van der Waals surface area contributed by atoms with Crippen LogP contribution in [0.25, 0.3) is 0 Å². The molecule has 2 aromatic rings. The van der Waals surface area contributed by atoms with Crippen molar-refractivity contribution in [2.75, 3.05) is 0 Å². The third kappa shape index (κ3) is 9.66. The van der Waals surface area contributed by atoms with Crippen LogP contribution in [0.3, 0.4) is 0 Å². The molecule has 0 radical (unpaired) electrons. The molecule has 24 heavy (non-hydrogen) atoms. The lowest BCUT2D eigenvalue weighted by Gasteiger charge is -1.99. The second-order valence-corrected chi connectivity index (χ2v) is 5.83. The van der Waals surface area contributed by atoms with Gasteiger partial charge in [-0.15, -0.1) is 0 Å². The van der Waals surface area contributed by atoms with Gasteiger partial charge in [-0.25, -0.2) is 9.13 Å². The van der Waals surface area contributed by atoms with Gasteiger partial charge in [-0.2, -0.15) is 0 Å². The van der Waals surface area contributed by atoms with Crippen LogP contribution in [-0.4, -0.2) is 10.7 Å². The molecule has 0 fully saturated rings. The molecule has 0 aliphatic carbocycles. The SMILES string of the molecule is CCCCCCCCn1cc[n+](Cc2ccccc2)c1.O=C([O-])[O-].[H+]. The molecule has 132 valence electrons. The van der Waals surface area contributed by atoms with E-state index in [1.54, 1.807) is 0 Å². The number of benzene rings is 1. The lowest BCUT2D eigenvalue weighted by atomic mass is 10.1. The maximum atomic E-state index is 8.33. The third-order valence-electron chi connectivity index (χ3n) is 3.72. The van der Waals surface area contributed by atoms with Crippen molar-refractivity contribution in [2.24, 2.45) is 0 Å². The number of imidazole rings is 1. The Hall–Kier alpha value is -2.30. The number of carbonyl (C=O) groups excluding carboxylic acids is 1. The van der Waals surface area contributed by atoms with Crippen molar-refractivity contribution in [3.05, 3.63) is 54.6 Å². The molecular formula is C19H28N2O3. The number of carbonyl (C=O) groups is 1. The molecule has 1 heterocycles. The summed E-state index contributed by atoms with van der Waals surface area (Å²) in [7, 11) is 0. The average Bonchev–Trinajstić information content (AvgIpc) is 2.98. The molecule has 0 aliphatic rings. The van der Waals surface area contributed by atoms with E-state index in [2.05, 4.69) is 65.1 Å². The average molecular weight is 332 g/mol. The van der Waals surface area contributed by atoms with Gasteiger partial charge in [-0.05, 0) is 24.6 Å². The molecule has 0 amide bonds.